The molecular weight excluding hydrogens is 1310 g/mol. The topological polar surface area (TPSA) is 469 Å². The molecule has 5 heterocycles. The quantitative estimate of drug-likeness (QED) is 0.0573. The van der Waals surface area contributed by atoms with Gasteiger partial charge in [-0.1, -0.05) is 32.3 Å². The molecule has 6 fully saturated rings. The van der Waals surface area contributed by atoms with E-state index in [9.17, 15) is 93.2 Å². The van der Waals surface area contributed by atoms with E-state index < -0.39 is 201 Å². The highest BCUT2D eigenvalue weighted by molar-refractivity contribution is 8.15. The minimum Gasteiger partial charge on any atom is -0.504 e. The van der Waals surface area contributed by atoms with Crippen molar-refractivity contribution in [3.05, 3.63) is 77.9 Å². The SMILES string of the molecule is C[C@@H](O)[C@@H]1NC(=O)[C@@H](NC(=O)c2ccc(N3CCN(c4ccc(N5CCC(OC6CCCCC6)CC5)cc4)CC3)cc2)C[C@@H](O)CNC(=O)[C@@H]2[C@@H](O)[C@@H](C)CN2C(=O)[C@H]([C@H](O)CCNC(CO)CO)NC(=O)[C@H]([C@H](O)Cc2ccc(O)c(OS(O)(O)O)c2)NC(=O)[C@@H]2C[C@@H](O)CN2C1=O. The Morgan fingerprint density at radius 3 is 1.81 bits per heavy atom. The van der Waals surface area contributed by atoms with E-state index in [0.29, 0.717) is 38.4 Å². The first-order valence-corrected chi connectivity index (χ1v) is 35.4. The largest absolute Gasteiger partial charge is 0.504 e. The zero-order valence-electron chi connectivity index (χ0n) is 55.5. The Hall–Kier alpha value is -7.22. The average molecular weight is 1410 g/mol. The van der Waals surface area contributed by atoms with Crippen LogP contribution in [0.2, 0.25) is 0 Å². The summed E-state index contributed by atoms with van der Waals surface area (Å²) in [5.74, 6) is -10.3. The van der Waals surface area contributed by atoms with Crippen molar-refractivity contribution in [3.8, 4) is 11.5 Å². The Morgan fingerprint density at radius 2 is 1.21 bits per heavy atom. The summed E-state index contributed by atoms with van der Waals surface area (Å²) in [6.45, 7) is 4.26. The molecule has 6 aliphatic rings. The van der Waals surface area contributed by atoms with Crippen molar-refractivity contribution in [3.63, 3.8) is 0 Å². The van der Waals surface area contributed by atoms with E-state index in [-0.39, 0.29) is 24.2 Å². The van der Waals surface area contributed by atoms with Gasteiger partial charge in [0.1, 0.15) is 36.3 Å². The molecule has 0 aromatic heterocycles. The van der Waals surface area contributed by atoms with Gasteiger partial charge in [-0.25, -0.2) is 0 Å². The van der Waals surface area contributed by atoms with E-state index in [1.807, 2.05) is 0 Å². The number of rotatable bonds is 20. The highest BCUT2D eigenvalue weighted by Gasteiger charge is 2.50. The maximum atomic E-state index is 15.0. The molecule has 7 amide bonds. The maximum Gasteiger partial charge on any atom is 0.266 e. The summed E-state index contributed by atoms with van der Waals surface area (Å²) < 4.78 is 39.9. The lowest BCUT2D eigenvalue weighted by Gasteiger charge is -2.38. The summed E-state index contributed by atoms with van der Waals surface area (Å²) in [7, 11) is 0. The molecule has 9 rings (SSSR count). The third-order valence-electron chi connectivity index (χ3n) is 19.5. The van der Waals surface area contributed by atoms with Crippen molar-refractivity contribution >= 4 is 69.6 Å². The molecule has 99 heavy (non-hydrogen) atoms. The summed E-state index contributed by atoms with van der Waals surface area (Å²) >= 11 is -4.74. The van der Waals surface area contributed by atoms with E-state index in [1.165, 1.54) is 37.9 Å². The Balaban J connectivity index is 0.935. The Bertz CT molecular complexity index is 3220. The molecule has 0 spiro atoms. The van der Waals surface area contributed by atoms with Crippen molar-refractivity contribution in [1.29, 1.82) is 0 Å². The second-order valence-electron chi connectivity index (χ2n) is 26.8. The van der Waals surface area contributed by atoms with E-state index in [2.05, 4.69) is 75.0 Å². The first-order valence-electron chi connectivity index (χ1n) is 34.0. The zero-order valence-corrected chi connectivity index (χ0v) is 56.4. The van der Waals surface area contributed by atoms with Crippen LogP contribution in [0.4, 0.5) is 17.1 Å². The number of piperazine rings is 1. The van der Waals surface area contributed by atoms with Gasteiger partial charge in [-0.15, -0.1) is 0 Å². The number of ether oxygens (including phenoxy) is 1. The van der Waals surface area contributed by atoms with Crippen LogP contribution in [-0.4, -0.2) is 281 Å². The fraction of sp³-hybridized carbons (Fsp3) is 0.621. The normalized spacial score (nSPS) is 27.5. The van der Waals surface area contributed by atoms with Gasteiger partial charge in [0.15, 0.2) is 11.5 Å². The van der Waals surface area contributed by atoms with Crippen molar-refractivity contribution in [2.75, 3.05) is 93.4 Å². The van der Waals surface area contributed by atoms with Crippen LogP contribution in [0.5, 0.6) is 11.5 Å². The van der Waals surface area contributed by atoms with Gasteiger partial charge in [0.2, 0.25) is 35.4 Å². The summed E-state index contributed by atoms with van der Waals surface area (Å²) in [4.78, 5) is 111. The van der Waals surface area contributed by atoms with Crippen LogP contribution >= 0.6 is 11.2 Å². The van der Waals surface area contributed by atoms with E-state index in [1.54, 1.807) is 24.3 Å². The number of hydrogen-bond donors (Lipinski definition) is 18. The minimum absolute atomic E-state index is 0.0565. The number of piperidine rings is 1. The van der Waals surface area contributed by atoms with Crippen molar-refractivity contribution < 1.29 is 102 Å². The number of aliphatic hydroxyl groups excluding tert-OH is 8. The molecular formula is C66H97N11O21S. The number of carbonyl (C=O) groups excluding carboxylic acids is 7. The maximum absolute atomic E-state index is 15.0. The Morgan fingerprint density at radius 1 is 0.646 bits per heavy atom. The molecule has 32 nitrogen and oxygen atoms in total. The van der Waals surface area contributed by atoms with Gasteiger partial charge in [-0.2, -0.15) is 0 Å². The number of nitrogens with zero attached hydrogens (tertiary/aromatic N) is 5. The number of aromatic hydroxyl groups is 1. The van der Waals surface area contributed by atoms with Crippen LogP contribution in [0.3, 0.4) is 0 Å². The lowest BCUT2D eigenvalue weighted by atomic mass is 9.97. The number of anilines is 3. The number of hydrogen-bond acceptors (Lipinski definition) is 25. The Kier molecular flexibility index (Phi) is 26.4. The number of carbonyl (C=O) groups is 7. The molecule has 13 atom stereocenters. The Labute approximate surface area is 575 Å². The second-order valence-corrected chi connectivity index (χ2v) is 27.9. The van der Waals surface area contributed by atoms with Gasteiger partial charge in [-0.05, 0) is 112 Å². The highest BCUT2D eigenvalue weighted by Crippen LogP contribution is 2.41. The van der Waals surface area contributed by atoms with Crippen LogP contribution in [0.15, 0.2) is 66.7 Å². The van der Waals surface area contributed by atoms with Crippen LogP contribution in [-0.2, 0) is 39.9 Å². The molecule has 18 N–H and O–H groups in total. The van der Waals surface area contributed by atoms with Crippen molar-refractivity contribution in [2.45, 2.75) is 176 Å². The van der Waals surface area contributed by atoms with Gasteiger partial charge in [0.05, 0.1) is 68.1 Å². The third-order valence-corrected chi connectivity index (χ3v) is 19.9. The van der Waals surface area contributed by atoms with Crippen LogP contribution in [0.1, 0.15) is 94.0 Å². The predicted molar refractivity (Wildman–Crippen MR) is 360 cm³/mol. The van der Waals surface area contributed by atoms with Crippen molar-refractivity contribution in [1.82, 2.24) is 41.7 Å². The van der Waals surface area contributed by atoms with Crippen LogP contribution < -0.4 is 50.8 Å². The summed E-state index contributed by atoms with van der Waals surface area (Å²) in [6.07, 6.45) is -4.07. The number of amides is 7. The lowest BCUT2D eigenvalue weighted by Crippen LogP contribution is -2.64. The van der Waals surface area contributed by atoms with E-state index >= 15 is 0 Å². The summed E-state index contributed by atoms with van der Waals surface area (Å²) in [6, 6.07) is 5.85. The molecule has 5 aliphatic heterocycles. The molecule has 0 unspecified atom stereocenters. The van der Waals surface area contributed by atoms with E-state index in [4.69, 9.17) is 4.74 Å². The zero-order chi connectivity index (χ0) is 71.4. The van der Waals surface area contributed by atoms with Gasteiger partial charge >= 0.3 is 0 Å². The molecule has 0 bridgehead atoms. The summed E-state index contributed by atoms with van der Waals surface area (Å²) in [5, 5.41) is 114. The molecule has 0 radical (unpaired) electrons. The number of phenolic OH excluding ortho intramolecular Hbond substituents is 1. The molecule has 3 aromatic carbocycles. The lowest BCUT2D eigenvalue weighted by molar-refractivity contribution is -0.147. The highest BCUT2D eigenvalue weighted by atomic mass is 32.3. The third kappa shape index (κ3) is 19.9. The molecule has 1 aliphatic carbocycles. The fourth-order valence-electron chi connectivity index (χ4n) is 13.8. The number of β-amino-alcohol motifs (C(OH)–C–C–N with tert-alkyl or cyclic N) is 1. The van der Waals surface area contributed by atoms with Gasteiger partial charge in [0.25, 0.3) is 17.1 Å². The van der Waals surface area contributed by atoms with Crippen LogP contribution in [0, 0.1) is 5.92 Å². The molecule has 1 saturated carbocycles. The monoisotopic (exact) mass is 1410 g/mol. The first kappa shape index (κ1) is 76.0. The number of fused-ring (bicyclic) bond motifs is 2. The van der Waals surface area contributed by atoms with Gasteiger partial charge in [0, 0.05) is 107 Å². The first-order chi connectivity index (χ1) is 47.2. The second kappa shape index (κ2) is 34.4. The number of nitrogens with one attached hydrogen (secondary N) is 6. The van der Waals surface area contributed by atoms with E-state index in [0.717, 1.165) is 79.0 Å². The van der Waals surface area contributed by atoms with Crippen molar-refractivity contribution in [2.24, 2.45) is 5.92 Å². The predicted octanol–water partition coefficient (Wildman–Crippen LogP) is -2.16. The smallest absolute Gasteiger partial charge is 0.266 e. The van der Waals surface area contributed by atoms with Crippen LogP contribution in [0.25, 0.3) is 0 Å². The number of benzene rings is 3. The number of aliphatic hydroxyl groups is 8. The minimum atomic E-state index is -4.74. The standard InChI is InChI=1S/C66H97N11O21S/c1-37-33-77-58(59(37)86)64(91)68-32-45(81)30-49(69-60(87)40-9-11-42(12-10-40)74-24-26-75(27-25-74)44-15-13-43(14-16-44)73-22-19-48(20-23-73)97-47-6-4-3-5-7-47)61(88)70-55(38(2)80)65(92)76-34-46(82)31-50(76)62(89)71-56(53(85)28-39-8-17-51(83)54(29-39)98-99(94,95)96)63(90)72-57(66(77)93)52(84)18-21-67-41(35-78)36-79/h8-17,29,37-38,41,45-50,52-53,55-59,67,78-86,94-96H,3-7,18-28,30-36H2,1-2H3,(H,68,91)(H,69,87)(H,70,88)(H,71,89)(H,72,90)/t37-,38+,45+,46+,49-,50-,52+,53+,55-,56-,57-,58-,59-/m0/s1. The van der Waals surface area contributed by atoms with Gasteiger partial charge < -0.3 is 111 Å². The average Bonchev–Trinajstić information content (AvgIpc) is 1.71. The number of phenols is 1. The molecule has 33 heteroatoms. The molecule has 548 valence electrons. The van der Waals surface area contributed by atoms with Gasteiger partial charge in [-0.3, -0.25) is 47.2 Å². The fourth-order valence-corrected chi connectivity index (χ4v) is 14.2. The molecule has 3 aromatic rings. The summed E-state index contributed by atoms with van der Waals surface area (Å²) in [5.41, 5.74) is 3.12. The molecule has 5 saturated heterocycles.